The third-order valence-electron chi connectivity index (χ3n) is 0.829. The largest absolute Gasteiger partial charge is 0.598 e. The van der Waals surface area contributed by atoms with Crippen LogP contribution in [-0.2, 0) is 9.84 Å². The van der Waals surface area contributed by atoms with Gasteiger partial charge in [0.05, 0.1) is 5.22 Å². The molecule has 1 N–H and O–H groups in total. The van der Waals surface area contributed by atoms with Crippen LogP contribution in [0.4, 0.5) is 0 Å². The molecule has 0 aromatic heterocycles. The molecule has 9 heteroatoms. The van der Waals surface area contributed by atoms with Crippen LogP contribution in [0.2, 0.25) is 0 Å². The Morgan fingerprint density at radius 1 is 1.64 bits per heavy atom. The number of hydrogen-bond donors (Lipinski definition) is 1. The smallest absolute Gasteiger partial charge is 0.383 e. The molecule has 1 rings (SSSR count). The Labute approximate surface area is 60.9 Å². The van der Waals surface area contributed by atoms with Crippen molar-refractivity contribution in [3.8, 4) is 5.40 Å². The average Bonchev–Trinajstić information content (AvgIpc) is 2.36. The lowest BCUT2D eigenvalue weighted by atomic mass is 11.3. The second kappa shape index (κ2) is 2.35. The zero-order chi connectivity index (χ0) is 8.48. The van der Waals surface area contributed by atoms with Crippen LogP contribution in [0.15, 0.2) is 15.5 Å². The van der Waals surface area contributed by atoms with E-state index in [1.165, 1.54) is 0 Å². The van der Waals surface area contributed by atoms with E-state index in [1.54, 1.807) is 0 Å². The minimum absolute atomic E-state index is 0.914. The van der Waals surface area contributed by atoms with Gasteiger partial charge in [-0.3, -0.25) is 0 Å². The molecule has 11 heavy (non-hydrogen) atoms. The molecule has 0 saturated carbocycles. The van der Waals surface area contributed by atoms with E-state index in [-0.39, 0.29) is 0 Å². The predicted octanol–water partition coefficient (Wildman–Crippen LogP) is -2.08. The summed E-state index contributed by atoms with van der Waals surface area (Å²) in [6.07, 6.45) is 0. The maximum atomic E-state index is 10.6. The number of nitriles is 1. The van der Waals surface area contributed by atoms with Crippen molar-refractivity contribution in [1.82, 2.24) is 0 Å². The standard InChI is InChI=1S/C2HN5O3S/c3-1-11(9,10)2-4-5-6-7(2)8/h7H. The van der Waals surface area contributed by atoms with E-state index >= 15 is 0 Å². The van der Waals surface area contributed by atoms with Crippen LogP contribution in [0.1, 0.15) is 0 Å². The summed E-state index contributed by atoms with van der Waals surface area (Å²) < 4.78 is 21.2. The molecule has 1 atom stereocenters. The number of nitrogens with zero attached hydrogens (tertiary/aromatic N) is 4. The van der Waals surface area contributed by atoms with Crippen molar-refractivity contribution >= 4 is 15.0 Å². The second-order valence-corrected chi connectivity index (χ2v) is 3.07. The normalized spacial score (nSPS) is 22.9. The topological polar surface area (TPSA) is 123 Å². The van der Waals surface area contributed by atoms with Crippen LogP contribution in [0.3, 0.4) is 0 Å². The molecule has 0 bridgehead atoms. The summed E-state index contributed by atoms with van der Waals surface area (Å²) in [6.45, 7) is 0. The Hall–Kier alpha value is -1.37. The van der Waals surface area contributed by atoms with E-state index < -0.39 is 20.2 Å². The number of amidine groups is 1. The first-order valence-electron chi connectivity index (χ1n) is 2.27. The van der Waals surface area contributed by atoms with Crippen LogP contribution in [-0.4, -0.2) is 13.6 Å². The van der Waals surface area contributed by atoms with Crippen molar-refractivity contribution in [2.45, 2.75) is 0 Å². The monoisotopic (exact) mass is 175 g/mol. The minimum Gasteiger partial charge on any atom is -0.598 e. The van der Waals surface area contributed by atoms with Crippen molar-refractivity contribution in [2.24, 2.45) is 15.5 Å². The van der Waals surface area contributed by atoms with Crippen molar-refractivity contribution < 1.29 is 13.6 Å². The number of nitrogens with one attached hydrogen (secondary N) is 1. The lowest BCUT2D eigenvalue weighted by Crippen LogP contribution is -3.05. The van der Waals surface area contributed by atoms with Crippen LogP contribution in [0.5, 0.6) is 0 Å². The van der Waals surface area contributed by atoms with Crippen LogP contribution in [0, 0.1) is 15.9 Å². The highest BCUT2D eigenvalue weighted by Gasteiger charge is 2.30. The van der Waals surface area contributed by atoms with Gasteiger partial charge >= 0.3 is 15.0 Å². The number of rotatable bonds is 0. The van der Waals surface area contributed by atoms with Crippen LogP contribution in [0.25, 0.3) is 0 Å². The second-order valence-electron chi connectivity index (χ2n) is 1.49. The third kappa shape index (κ3) is 1.22. The quantitative estimate of drug-likeness (QED) is 0.257. The summed E-state index contributed by atoms with van der Waals surface area (Å²) in [5, 5.41) is 25.8. The van der Waals surface area contributed by atoms with E-state index in [0.717, 1.165) is 5.40 Å². The molecule has 58 valence electrons. The zero-order valence-corrected chi connectivity index (χ0v) is 5.74. The first-order valence-corrected chi connectivity index (χ1v) is 3.75. The van der Waals surface area contributed by atoms with Crippen molar-refractivity contribution in [2.75, 3.05) is 0 Å². The Kier molecular flexibility index (Phi) is 1.65. The van der Waals surface area contributed by atoms with Crippen molar-refractivity contribution in [1.29, 1.82) is 5.26 Å². The van der Waals surface area contributed by atoms with Gasteiger partial charge in [-0.2, -0.15) is 10.4 Å². The molecule has 0 aromatic rings. The Balaban J connectivity index is 3.08. The van der Waals surface area contributed by atoms with Crippen LogP contribution < -0.4 is 5.17 Å². The molecular weight excluding hydrogens is 174 g/mol. The fourth-order valence-corrected chi connectivity index (χ4v) is 0.902. The zero-order valence-electron chi connectivity index (χ0n) is 4.92. The van der Waals surface area contributed by atoms with E-state index in [9.17, 15) is 13.6 Å². The van der Waals surface area contributed by atoms with E-state index in [2.05, 4.69) is 15.5 Å². The fraction of sp³-hybridized carbons (Fsp3) is 0. The number of hydrogen-bond acceptors (Lipinski definition) is 7. The molecule has 1 unspecified atom stereocenters. The number of thiocyanates is 1. The molecular formula is C2HN5O3S. The molecule has 8 nitrogen and oxygen atoms in total. The van der Waals surface area contributed by atoms with Gasteiger partial charge in [0, 0.05) is 5.22 Å². The number of sulfone groups is 1. The maximum absolute atomic E-state index is 10.6. The molecule has 0 fully saturated rings. The molecule has 0 spiro atoms. The van der Waals surface area contributed by atoms with Gasteiger partial charge in [0.1, 0.15) is 0 Å². The van der Waals surface area contributed by atoms with Gasteiger partial charge in [-0.05, 0) is 0 Å². The Bertz CT molecular complexity index is 360. The highest BCUT2D eigenvalue weighted by Crippen LogP contribution is 1.91. The fourth-order valence-electron chi connectivity index (χ4n) is 0.401. The van der Waals surface area contributed by atoms with Gasteiger partial charge in [-0.15, -0.1) is 0 Å². The number of quaternary nitrogens is 1. The summed E-state index contributed by atoms with van der Waals surface area (Å²) >= 11 is 0. The number of hydroxylamine groups is 1. The highest BCUT2D eigenvalue weighted by atomic mass is 32.2. The highest BCUT2D eigenvalue weighted by molar-refractivity contribution is 8.09. The van der Waals surface area contributed by atoms with Gasteiger partial charge in [0.15, 0.2) is 0 Å². The van der Waals surface area contributed by atoms with Gasteiger partial charge in [-0.25, -0.2) is 8.42 Å². The molecule has 1 aliphatic heterocycles. The van der Waals surface area contributed by atoms with E-state index in [4.69, 9.17) is 5.26 Å². The van der Waals surface area contributed by atoms with E-state index in [0.29, 0.717) is 0 Å². The Morgan fingerprint density at radius 3 is 2.64 bits per heavy atom. The maximum Gasteiger partial charge on any atom is 0.383 e. The third-order valence-corrected chi connectivity index (χ3v) is 1.83. The first kappa shape index (κ1) is 7.73. The molecule has 0 aliphatic carbocycles. The molecule has 0 amide bonds. The van der Waals surface area contributed by atoms with E-state index in [1.807, 2.05) is 0 Å². The molecule has 0 aromatic carbocycles. The summed E-state index contributed by atoms with van der Waals surface area (Å²) in [7, 11) is -4.23. The SMILES string of the molecule is N#CS(=O)(=O)C1=NN=N[NH+]1[O-]. The molecule has 0 radical (unpaired) electrons. The van der Waals surface area contributed by atoms with Gasteiger partial charge in [0.25, 0.3) is 0 Å². The van der Waals surface area contributed by atoms with Crippen molar-refractivity contribution in [3.63, 3.8) is 0 Å². The summed E-state index contributed by atoms with van der Waals surface area (Å²) in [6, 6.07) is 0. The summed E-state index contributed by atoms with van der Waals surface area (Å²) in [5.74, 6) is 0. The minimum atomic E-state index is -4.23. The molecule has 1 heterocycles. The summed E-state index contributed by atoms with van der Waals surface area (Å²) in [5.41, 5.74) is 0. The van der Waals surface area contributed by atoms with Gasteiger partial charge < -0.3 is 5.21 Å². The average molecular weight is 175 g/mol. The van der Waals surface area contributed by atoms with Crippen LogP contribution >= 0.6 is 0 Å². The van der Waals surface area contributed by atoms with Crippen molar-refractivity contribution in [3.05, 3.63) is 5.21 Å². The lowest BCUT2D eigenvalue weighted by Gasteiger charge is -2.04. The predicted molar refractivity (Wildman–Crippen MR) is 31.2 cm³/mol. The molecule has 0 saturated heterocycles. The van der Waals surface area contributed by atoms with Gasteiger partial charge in [0.2, 0.25) is 5.40 Å². The summed E-state index contributed by atoms with van der Waals surface area (Å²) in [4.78, 5) is 0. The Morgan fingerprint density at radius 2 is 2.27 bits per heavy atom. The lowest BCUT2D eigenvalue weighted by molar-refractivity contribution is -0.752. The molecule has 1 aliphatic rings. The first-order chi connectivity index (χ1) is 5.08. The van der Waals surface area contributed by atoms with Gasteiger partial charge in [-0.1, -0.05) is 5.10 Å².